The van der Waals surface area contributed by atoms with E-state index in [9.17, 15) is 14.0 Å². The summed E-state index contributed by atoms with van der Waals surface area (Å²) < 4.78 is 13.4. The second-order valence-electron chi connectivity index (χ2n) is 4.90. The lowest BCUT2D eigenvalue weighted by Crippen LogP contribution is -3.11. The van der Waals surface area contributed by atoms with E-state index in [4.69, 9.17) is 0 Å². The number of nitrogens with one attached hydrogen (secondary N) is 2. The first kappa shape index (κ1) is 17.1. The van der Waals surface area contributed by atoms with Gasteiger partial charge in [-0.3, -0.25) is 9.59 Å². The quantitative estimate of drug-likeness (QED) is 0.752. The lowest BCUT2D eigenvalue weighted by atomic mass is 10.3. The Balaban J connectivity index is 2.47. The Morgan fingerprint density at radius 2 is 1.81 bits per heavy atom. The van der Waals surface area contributed by atoms with Crippen LogP contribution >= 0.6 is 0 Å². The molecule has 1 aromatic rings. The minimum Gasteiger partial charge on any atom is -0.338 e. The van der Waals surface area contributed by atoms with E-state index in [1.54, 1.807) is 24.1 Å². The number of hydrogen-bond donors (Lipinski definition) is 2. The number of benzene rings is 1. The van der Waals surface area contributed by atoms with Crippen molar-refractivity contribution in [2.45, 2.75) is 13.8 Å². The first-order chi connectivity index (χ1) is 9.97. The molecule has 0 fully saturated rings. The summed E-state index contributed by atoms with van der Waals surface area (Å²) in [7, 11) is 1.77. The Kier molecular flexibility index (Phi) is 6.81. The monoisotopic (exact) mass is 296 g/mol. The molecular formula is C15H23FN3O2+. The summed E-state index contributed by atoms with van der Waals surface area (Å²) in [6.07, 6.45) is 0. The summed E-state index contributed by atoms with van der Waals surface area (Å²) in [6, 6.07) is 6.00. The molecule has 0 saturated heterocycles. The van der Waals surface area contributed by atoms with E-state index < -0.39 is 5.82 Å². The van der Waals surface area contributed by atoms with Crippen molar-refractivity contribution in [2.24, 2.45) is 0 Å². The fourth-order valence-electron chi connectivity index (χ4n) is 2.04. The fraction of sp³-hybridized carbons (Fsp3) is 0.467. The van der Waals surface area contributed by atoms with Crippen LogP contribution in [0.25, 0.3) is 0 Å². The van der Waals surface area contributed by atoms with Crippen LogP contribution in [-0.2, 0) is 9.59 Å². The lowest BCUT2D eigenvalue weighted by molar-refractivity contribution is -0.862. The van der Waals surface area contributed by atoms with Crippen LogP contribution in [0, 0.1) is 5.82 Å². The van der Waals surface area contributed by atoms with Gasteiger partial charge in [-0.15, -0.1) is 0 Å². The average Bonchev–Trinajstić information content (AvgIpc) is 2.42. The first-order valence-corrected chi connectivity index (χ1v) is 7.11. The topological polar surface area (TPSA) is 53.9 Å². The number of amides is 2. The van der Waals surface area contributed by atoms with Gasteiger partial charge < -0.3 is 15.1 Å². The Bertz CT molecular complexity index is 490. The maximum absolute atomic E-state index is 13.4. The SMILES string of the molecule is CCN(CC)C(=O)C[NH+](C)CC(=O)Nc1ccccc1F. The van der Waals surface area contributed by atoms with E-state index in [1.165, 1.54) is 12.1 Å². The molecule has 5 nitrogen and oxygen atoms in total. The van der Waals surface area contributed by atoms with E-state index in [0.717, 1.165) is 4.90 Å². The second-order valence-corrected chi connectivity index (χ2v) is 4.90. The highest BCUT2D eigenvalue weighted by Gasteiger charge is 2.18. The van der Waals surface area contributed by atoms with E-state index >= 15 is 0 Å². The third-order valence-electron chi connectivity index (χ3n) is 3.18. The highest BCUT2D eigenvalue weighted by atomic mass is 19.1. The molecule has 2 amide bonds. The molecule has 0 aromatic heterocycles. The van der Waals surface area contributed by atoms with E-state index in [2.05, 4.69) is 5.32 Å². The number of rotatable bonds is 7. The van der Waals surface area contributed by atoms with Crippen molar-refractivity contribution in [3.8, 4) is 0 Å². The van der Waals surface area contributed by atoms with Gasteiger partial charge in [-0.1, -0.05) is 12.1 Å². The summed E-state index contributed by atoms with van der Waals surface area (Å²) in [6.45, 7) is 5.50. The number of para-hydroxylation sites is 1. The normalized spacial score (nSPS) is 11.8. The third-order valence-corrected chi connectivity index (χ3v) is 3.18. The zero-order valence-electron chi connectivity index (χ0n) is 12.8. The van der Waals surface area contributed by atoms with Crippen LogP contribution in [0.3, 0.4) is 0 Å². The Labute approximate surface area is 124 Å². The van der Waals surface area contributed by atoms with Crippen molar-refractivity contribution >= 4 is 17.5 Å². The minimum atomic E-state index is -0.470. The minimum absolute atomic E-state index is 0.0104. The van der Waals surface area contributed by atoms with Crippen molar-refractivity contribution in [2.75, 3.05) is 38.5 Å². The number of halogens is 1. The molecule has 0 spiro atoms. The molecule has 1 aromatic carbocycles. The predicted molar refractivity (Wildman–Crippen MR) is 79.6 cm³/mol. The first-order valence-electron chi connectivity index (χ1n) is 7.11. The third kappa shape index (κ3) is 5.51. The van der Waals surface area contributed by atoms with Crippen LogP contribution in [0.15, 0.2) is 24.3 Å². The largest absolute Gasteiger partial charge is 0.338 e. The molecule has 116 valence electrons. The second kappa shape index (κ2) is 8.36. The molecule has 0 aliphatic carbocycles. The predicted octanol–water partition coefficient (Wildman–Crippen LogP) is 0.147. The number of hydrogen-bond acceptors (Lipinski definition) is 2. The zero-order valence-corrected chi connectivity index (χ0v) is 12.8. The van der Waals surface area contributed by atoms with Gasteiger partial charge in [0.25, 0.3) is 11.8 Å². The Morgan fingerprint density at radius 1 is 1.19 bits per heavy atom. The fourth-order valence-corrected chi connectivity index (χ4v) is 2.04. The lowest BCUT2D eigenvalue weighted by Gasteiger charge is -2.20. The van der Waals surface area contributed by atoms with Gasteiger partial charge in [0.1, 0.15) is 5.82 Å². The van der Waals surface area contributed by atoms with Gasteiger partial charge in [0.05, 0.1) is 12.7 Å². The van der Waals surface area contributed by atoms with Crippen molar-refractivity contribution in [3.63, 3.8) is 0 Å². The van der Waals surface area contributed by atoms with Gasteiger partial charge in [0.2, 0.25) is 0 Å². The number of carbonyl (C=O) groups excluding carboxylic acids is 2. The zero-order chi connectivity index (χ0) is 15.8. The smallest absolute Gasteiger partial charge is 0.279 e. The summed E-state index contributed by atoms with van der Waals surface area (Å²) >= 11 is 0. The molecule has 0 bridgehead atoms. The van der Waals surface area contributed by atoms with E-state index in [1.807, 2.05) is 13.8 Å². The van der Waals surface area contributed by atoms with Gasteiger partial charge in [-0.2, -0.15) is 0 Å². The van der Waals surface area contributed by atoms with Gasteiger partial charge in [-0.25, -0.2) is 4.39 Å². The molecule has 6 heteroatoms. The van der Waals surface area contributed by atoms with Crippen molar-refractivity contribution < 1.29 is 18.9 Å². The molecule has 1 atom stereocenters. The standard InChI is InChI=1S/C15H22FN3O2/c1-4-19(5-2)15(21)11-18(3)10-14(20)17-13-9-7-6-8-12(13)16/h6-9H,4-5,10-11H2,1-3H3,(H,17,20)/p+1. The Hall–Kier alpha value is -1.95. The van der Waals surface area contributed by atoms with Gasteiger partial charge in [0.15, 0.2) is 13.1 Å². The number of anilines is 1. The van der Waals surface area contributed by atoms with Crippen molar-refractivity contribution in [1.29, 1.82) is 0 Å². The number of likely N-dealkylation sites (N-methyl/N-ethyl adjacent to an activating group) is 2. The Morgan fingerprint density at radius 3 is 2.38 bits per heavy atom. The van der Waals surface area contributed by atoms with Crippen LogP contribution in [0.1, 0.15) is 13.8 Å². The average molecular weight is 296 g/mol. The van der Waals surface area contributed by atoms with Crippen LogP contribution in [0.2, 0.25) is 0 Å². The van der Waals surface area contributed by atoms with Gasteiger partial charge in [0, 0.05) is 13.1 Å². The summed E-state index contributed by atoms with van der Waals surface area (Å²) in [5.41, 5.74) is 0.158. The molecule has 0 saturated carbocycles. The maximum Gasteiger partial charge on any atom is 0.279 e. The molecule has 0 aliphatic heterocycles. The summed E-state index contributed by atoms with van der Waals surface area (Å²) in [5, 5.41) is 2.51. The van der Waals surface area contributed by atoms with Crippen LogP contribution in [0.4, 0.5) is 10.1 Å². The van der Waals surface area contributed by atoms with Gasteiger partial charge in [-0.05, 0) is 26.0 Å². The van der Waals surface area contributed by atoms with Crippen LogP contribution in [0.5, 0.6) is 0 Å². The summed E-state index contributed by atoms with van der Waals surface area (Å²) in [5.74, 6) is -0.774. The number of quaternary nitrogens is 1. The number of carbonyl (C=O) groups is 2. The van der Waals surface area contributed by atoms with Crippen molar-refractivity contribution in [1.82, 2.24) is 4.90 Å². The van der Waals surface area contributed by atoms with Crippen LogP contribution in [-0.4, -0.2) is 49.9 Å². The molecule has 0 heterocycles. The van der Waals surface area contributed by atoms with Gasteiger partial charge >= 0.3 is 0 Å². The highest BCUT2D eigenvalue weighted by Crippen LogP contribution is 2.11. The van der Waals surface area contributed by atoms with E-state index in [0.29, 0.717) is 13.1 Å². The molecule has 1 unspecified atom stereocenters. The summed E-state index contributed by atoms with van der Waals surface area (Å²) in [4.78, 5) is 26.3. The highest BCUT2D eigenvalue weighted by molar-refractivity contribution is 5.91. The van der Waals surface area contributed by atoms with Crippen molar-refractivity contribution in [3.05, 3.63) is 30.1 Å². The molecule has 21 heavy (non-hydrogen) atoms. The molecule has 1 rings (SSSR count). The molecule has 0 aliphatic rings. The molecule has 0 radical (unpaired) electrons. The molecular weight excluding hydrogens is 273 g/mol. The molecule has 2 N–H and O–H groups in total. The van der Waals surface area contributed by atoms with E-state index in [-0.39, 0.29) is 30.6 Å². The maximum atomic E-state index is 13.4. The number of nitrogens with zero attached hydrogens (tertiary/aromatic N) is 1. The van der Waals surface area contributed by atoms with Crippen LogP contribution < -0.4 is 10.2 Å².